The first-order valence-corrected chi connectivity index (χ1v) is 7.44. The van der Waals surface area contributed by atoms with Crippen LogP contribution in [0.4, 0.5) is 4.39 Å². The molecule has 1 aromatic carbocycles. The minimum atomic E-state index is -0.317. The number of hydrogen-bond donors (Lipinski definition) is 0. The number of aryl methyl sites for hydroxylation is 1. The van der Waals surface area contributed by atoms with E-state index in [4.69, 9.17) is 0 Å². The third-order valence-electron chi connectivity index (χ3n) is 3.37. The summed E-state index contributed by atoms with van der Waals surface area (Å²) in [5.74, 6) is -0.251. The van der Waals surface area contributed by atoms with Crippen molar-refractivity contribution in [1.29, 1.82) is 0 Å². The lowest BCUT2D eigenvalue weighted by atomic mass is 10.0. The molecule has 1 rings (SSSR count). The van der Waals surface area contributed by atoms with Crippen LogP contribution in [0.25, 0.3) is 0 Å². The van der Waals surface area contributed by atoms with E-state index in [-0.39, 0.29) is 11.6 Å². The number of carbonyl (C=O) groups excluding carboxylic acids is 1. The van der Waals surface area contributed by atoms with Crippen LogP contribution in [0.15, 0.2) is 18.2 Å². The molecule has 0 fully saturated rings. The number of Topliss-reactive ketones (excluding diaryl/α,β-unsaturated/α-hetero) is 1. The molecule has 19 heavy (non-hydrogen) atoms. The van der Waals surface area contributed by atoms with E-state index in [0.717, 1.165) is 18.4 Å². The van der Waals surface area contributed by atoms with Crippen LogP contribution in [0.5, 0.6) is 0 Å². The average Bonchev–Trinajstić information content (AvgIpc) is 2.36. The van der Waals surface area contributed by atoms with Gasteiger partial charge in [0.05, 0.1) is 0 Å². The molecule has 0 aliphatic carbocycles. The fraction of sp³-hybridized carbons (Fsp3) is 0.588. The van der Waals surface area contributed by atoms with Gasteiger partial charge in [0.25, 0.3) is 0 Å². The van der Waals surface area contributed by atoms with Crippen LogP contribution >= 0.6 is 0 Å². The molecule has 0 heterocycles. The highest BCUT2D eigenvalue weighted by Gasteiger charge is 2.07. The highest BCUT2D eigenvalue weighted by atomic mass is 19.1. The Morgan fingerprint density at radius 3 is 2.26 bits per heavy atom. The Labute approximate surface area is 116 Å². The number of hydrogen-bond acceptors (Lipinski definition) is 1. The maximum absolute atomic E-state index is 13.2. The van der Waals surface area contributed by atoms with Gasteiger partial charge in [-0.1, -0.05) is 45.4 Å². The second-order valence-corrected chi connectivity index (χ2v) is 5.31. The predicted molar refractivity (Wildman–Crippen MR) is 78.1 cm³/mol. The number of halogens is 1. The summed E-state index contributed by atoms with van der Waals surface area (Å²) >= 11 is 0. The quantitative estimate of drug-likeness (QED) is 0.427. The van der Waals surface area contributed by atoms with Gasteiger partial charge >= 0.3 is 0 Å². The third-order valence-corrected chi connectivity index (χ3v) is 3.37. The molecule has 0 bridgehead atoms. The van der Waals surface area contributed by atoms with Gasteiger partial charge in [-0.25, -0.2) is 4.39 Å². The van der Waals surface area contributed by atoms with Crippen molar-refractivity contribution in [2.75, 3.05) is 0 Å². The highest BCUT2D eigenvalue weighted by molar-refractivity contribution is 5.96. The smallest absolute Gasteiger partial charge is 0.162 e. The fourth-order valence-corrected chi connectivity index (χ4v) is 2.28. The first-order chi connectivity index (χ1) is 9.13. The Balaban J connectivity index is 2.24. The standard InChI is InChI=1S/C17H25FO/c1-3-4-5-6-7-8-9-10-17(19)15-11-14(2)12-16(18)13-15/h11-13H,3-10H2,1-2H3. The van der Waals surface area contributed by atoms with E-state index in [1.165, 1.54) is 44.2 Å². The maximum Gasteiger partial charge on any atom is 0.162 e. The molecule has 0 N–H and O–H groups in total. The number of rotatable bonds is 9. The normalized spacial score (nSPS) is 10.7. The third kappa shape index (κ3) is 6.51. The van der Waals surface area contributed by atoms with Crippen LogP contribution in [-0.2, 0) is 0 Å². The Bertz CT molecular complexity index is 378. The molecule has 0 radical (unpaired) electrons. The molecule has 0 aromatic heterocycles. The summed E-state index contributed by atoms with van der Waals surface area (Å²) < 4.78 is 13.2. The number of benzene rings is 1. The summed E-state index contributed by atoms with van der Waals surface area (Å²) in [5, 5.41) is 0. The molecular formula is C17H25FO. The summed E-state index contributed by atoms with van der Waals surface area (Å²) in [6.07, 6.45) is 8.89. The molecule has 0 aliphatic heterocycles. The highest BCUT2D eigenvalue weighted by Crippen LogP contribution is 2.14. The molecule has 0 amide bonds. The van der Waals surface area contributed by atoms with Gasteiger partial charge in [0.15, 0.2) is 5.78 Å². The van der Waals surface area contributed by atoms with Gasteiger partial charge < -0.3 is 0 Å². The van der Waals surface area contributed by atoms with Crippen molar-refractivity contribution in [2.45, 2.75) is 65.2 Å². The minimum absolute atomic E-state index is 0.0659. The van der Waals surface area contributed by atoms with E-state index in [2.05, 4.69) is 6.92 Å². The van der Waals surface area contributed by atoms with Gasteiger partial charge in [-0.2, -0.15) is 0 Å². The van der Waals surface area contributed by atoms with Gasteiger partial charge in [-0.05, 0) is 37.1 Å². The second kappa shape index (κ2) is 8.84. The van der Waals surface area contributed by atoms with Crippen LogP contribution in [0.2, 0.25) is 0 Å². The van der Waals surface area contributed by atoms with Crippen molar-refractivity contribution in [3.05, 3.63) is 35.1 Å². The molecule has 0 saturated heterocycles. The summed E-state index contributed by atoms with van der Waals surface area (Å²) in [5.41, 5.74) is 1.33. The topological polar surface area (TPSA) is 17.1 Å². The van der Waals surface area contributed by atoms with Crippen molar-refractivity contribution in [3.63, 3.8) is 0 Å². The lowest BCUT2D eigenvalue weighted by molar-refractivity contribution is 0.0978. The second-order valence-electron chi connectivity index (χ2n) is 5.31. The van der Waals surface area contributed by atoms with Gasteiger partial charge in [0.1, 0.15) is 5.82 Å². The zero-order chi connectivity index (χ0) is 14.1. The van der Waals surface area contributed by atoms with Gasteiger partial charge in [-0.3, -0.25) is 4.79 Å². The Morgan fingerprint density at radius 1 is 1.00 bits per heavy atom. The number of ketones is 1. The molecule has 106 valence electrons. The Morgan fingerprint density at radius 2 is 1.63 bits per heavy atom. The number of unbranched alkanes of at least 4 members (excludes halogenated alkanes) is 6. The largest absolute Gasteiger partial charge is 0.294 e. The van der Waals surface area contributed by atoms with Crippen LogP contribution in [0, 0.1) is 12.7 Å². The SMILES string of the molecule is CCCCCCCCCC(=O)c1cc(C)cc(F)c1. The first kappa shape index (κ1) is 15.9. The van der Waals surface area contributed by atoms with Crippen LogP contribution in [-0.4, -0.2) is 5.78 Å². The van der Waals surface area contributed by atoms with Crippen molar-refractivity contribution < 1.29 is 9.18 Å². The summed E-state index contributed by atoms with van der Waals surface area (Å²) in [6, 6.07) is 4.56. The average molecular weight is 264 g/mol. The Hall–Kier alpha value is -1.18. The Kier molecular flexibility index (Phi) is 7.39. The molecule has 0 saturated carbocycles. The van der Waals surface area contributed by atoms with E-state index in [1.807, 2.05) is 6.92 Å². The molecule has 0 spiro atoms. The van der Waals surface area contributed by atoms with Gasteiger partial charge in [-0.15, -0.1) is 0 Å². The molecule has 1 nitrogen and oxygen atoms in total. The van der Waals surface area contributed by atoms with Crippen LogP contribution in [0.1, 0.15) is 74.2 Å². The monoisotopic (exact) mass is 264 g/mol. The van der Waals surface area contributed by atoms with E-state index >= 15 is 0 Å². The molecule has 0 unspecified atom stereocenters. The number of carbonyl (C=O) groups is 1. The minimum Gasteiger partial charge on any atom is -0.294 e. The van der Waals surface area contributed by atoms with Crippen molar-refractivity contribution >= 4 is 5.78 Å². The maximum atomic E-state index is 13.2. The first-order valence-electron chi connectivity index (χ1n) is 7.44. The zero-order valence-corrected chi connectivity index (χ0v) is 12.2. The lowest BCUT2D eigenvalue weighted by Gasteiger charge is -2.03. The van der Waals surface area contributed by atoms with E-state index in [9.17, 15) is 9.18 Å². The predicted octanol–water partition coefficient (Wildman–Crippen LogP) is 5.46. The van der Waals surface area contributed by atoms with Gasteiger partial charge in [0.2, 0.25) is 0 Å². The van der Waals surface area contributed by atoms with Crippen molar-refractivity contribution in [3.8, 4) is 0 Å². The van der Waals surface area contributed by atoms with E-state index < -0.39 is 0 Å². The van der Waals surface area contributed by atoms with Crippen LogP contribution < -0.4 is 0 Å². The molecule has 1 aromatic rings. The molecule has 0 atom stereocenters. The fourth-order valence-electron chi connectivity index (χ4n) is 2.28. The van der Waals surface area contributed by atoms with E-state index in [1.54, 1.807) is 6.07 Å². The van der Waals surface area contributed by atoms with Gasteiger partial charge in [0, 0.05) is 12.0 Å². The summed E-state index contributed by atoms with van der Waals surface area (Å²) in [6.45, 7) is 4.02. The lowest BCUT2D eigenvalue weighted by Crippen LogP contribution is -2.00. The molecule has 2 heteroatoms. The van der Waals surface area contributed by atoms with Crippen molar-refractivity contribution in [1.82, 2.24) is 0 Å². The summed E-state index contributed by atoms with van der Waals surface area (Å²) in [4.78, 5) is 11.9. The summed E-state index contributed by atoms with van der Waals surface area (Å²) in [7, 11) is 0. The molecule has 0 aliphatic rings. The van der Waals surface area contributed by atoms with Crippen LogP contribution in [0.3, 0.4) is 0 Å². The van der Waals surface area contributed by atoms with Crippen molar-refractivity contribution in [2.24, 2.45) is 0 Å². The van der Waals surface area contributed by atoms with E-state index in [0.29, 0.717) is 12.0 Å². The molecular weight excluding hydrogens is 239 g/mol. The zero-order valence-electron chi connectivity index (χ0n) is 12.2.